The Bertz CT molecular complexity index is 112. The topological polar surface area (TPSA) is 17.1 Å². The predicted molar refractivity (Wildman–Crippen MR) is 34.6 cm³/mol. The SMILES string of the molecule is C=C(C=O)/C=C\CC. The van der Waals surface area contributed by atoms with Crippen molar-refractivity contribution in [3.63, 3.8) is 0 Å². The van der Waals surface area contributed by atoms with Crippen LogP contribution in [0, 0.1) is 0 Å². The normalized spacial score (nSPS) is 9.62. The Kier molecular flexibility index (Phi) is 3.85. The largest absolute Gasteiger partial charge is 0.298 e. The fraction of sp³-hybridized carbons (Fsp3) is 0.286. The molecule has 1 nitrogen and oxygen atoms in total. The van der Waals surface area contributed by atoms with Crippen molar-refractivity contribution in [2.24, 2.45) is 0 Å². The molecule has 1 heteroatoms. The first kappa shape index (κ1) is 7.15. The molecule has 44 valence electrons. The maximum absolute atomic E-state index is 9.86. The van der Waals surface area contributed by atoms with E-state index in [4.69, 9.17) is 0 Å². The van der Waals surface area contributed by atoms with Gasteiger partial charge in [-0.2, -0.15) is 0 Å². The van der Waals surface area contributed by atoms with E-state index in [1.807, 2.05) is 13.0 Å². The number of allylic oxidation sites excluding steroid dienone is 3. The van der Waals surface area contributed by atoms with Crippen LogP contribution >= 0.6 is 0 Å². The fourth-order valence-corrected chi connectivity index (χ4v) is 0.309. The summed E-state index contributed by atoms with van der Waals surface area (Å²) in [5.41, 5.74) is 0.534. The van der Waals surface area contributed by atoms with Gasteiger partial charge in [0, 0.05) is 5.57 Å². The Morgan fingerprint density at radius 3 is 2.75 bits per heavy atom. The van der Waals surface area contributed by atoms with E-state index in [0.29, 0.717) is 5.57 Å². The standard InChI is InChI=1S/C7H10O/c1-3-4-5-7(2)6-8/h4-6H,2-3H2,1H3/b5-4-. The summed E-state index contributed by atoms with van der Waals surface area (Å²) >= 11 is 0. The maximum atomic E-state index is 9.86. The van der Waals surface area contributed by atoms with Crippen LogP contribution in [0.25, 0.3) is 0 Å². The summed E-state index contributed by atoms with van der Waals surface area (Å²) in [5.74, 6) is 0. The fourth-order valence-electron chi connectivity index (χ4n) is 0.309. The second-order valence-corrected chi connectivity index (χ2v) is 1.50. The summed E-state index contributed by atoms with van der Waals surface area (Å²) in [6, 6.07) is 0. The van der Waals surface area contributed by atoms with Crippen LogP contribution in [0.5, 0.6) is 0 Å². The molecule has 8 heavy (non-hydrogen) atoms. The molecular formula is C7H10O. The maximum Gasteiger partial charge on any atom is 0.149 e. The molecule has 0 heterocycles. The molecule has 0 aromatic heterocycles. The van der Waals surface area contributed by atoms with E-state index in [9.17, 15) is 4.79 Å². The van der Waals surface area contributed by atoms with Crippen LogP contribution in [0.15, 0.2) is 24.3 Å². The molecule has 0 saturated carbocycles. The molecule has 0 saturated heterocycles. The van der Waals surface area contributed by atoms with Crippen LogP contribution in [0.2, 0.25) is 0 Å². The van der Waals surface area contributed by atoms with Gasteiger partial charge in [0.25, 0.3) is 0 Å². The highest BCUT2D eigenvalue weighted by Gasteiger charge is 1.76. The van der Waals surface area contributed by atoms with Gasteiger partial charge >= 0.3 is 0 Å². The molecule has 0 bridgehead atoms. The van der Waals surface area contributed by atoms with Crippen molar-refractivity contribution in [1.29, 1.82) is 0 Å². The Morgan fingerprint density at radius 2 is 2.38 bits per heavy atom. The second-order valence-electron chi connectivity index (χ2n) is 1.50. The van der Waals surface area contributed by atoms with Crippen LogP contribution in [0.1, 0.15) is 13.3 Å². The highest BCUT2D eigenvalue weighted by molar-refractivity contribution is 5.76. The summed E-state index contributed by atoms with van der Waals surface area (Å²) in [7, 11) is 0. The number of aldehydes is 1. The third-order valence-electron chi connectivity index (χ3n) is 0.719. The van der Waals surface area contributed by atoms with Gasteiger partial charge in [0.2, 0.25) is 0 Å². The molecule has 0 atom stereocenters. The van der Waals surface area contributed by atoms with Crippen molar-refractivity contribution in [1.82, 2.24) is 0 Å². The summed E-state index contributed by atoms with van der Waals surface area (Å²) in [6.07, 6.45) is 5.31. The second kappa shape index (κ2) is 4.31. The van der Waals surface area contributed by atoms with Gasteiger partial charge in [-0.1, -0.05) is 25.7 Å². The summed E-state index contributed by atoms with van der Waals surface area (Å²) in [6.45, 7) is 5.46. The van der Waals surface area contributed by atoms with Crippen molar-refractivity contribution in [2.45, 2.75) is 13.3 Å². The highest BCUT2D eigenvalue weighted by Crippen LogP contribution is 1.87. The molecule has 0 radical (unpaired) electrons. The molecule has 0 aromatic rings. The van der Waals surface area contributed by atoms with Crippen molar-refractivity contribution >= 4 is 6.29 Å². The minimum Gasteiger partial charge on any atom is -0.298 e. The molecule has 0 N–H and O–H groups in total. The summed E-state index contributed by atoms with van der Waals surface area (Å²) in [5, 5.41) is 0. The average Bonchev–Trinajstić information content (AvgIpc) is 1.83. The van der Waals surface area contributed by atoms with E-state index in [0.717, 1.165) is 12.7 Å². The van der Waals surface area contributed by atoms with Gasteiger partial charge in [-0.25, -0.2) is 0 Å². The zero-order valence-corrected chi connectivity index (χ0v) is 5.05. The lowest BCUT2D eigenvalue weighted by atomic mass is 10.3. The van der Waals surface area contributed by atoms with Crippen molar-refractivity contribution in [2.75, 3.05) is 0 Å². The van der Waals surface area contributed by atoms with Gasteiger partial charge in [0.05, 0.1) is 0 Å². The Labute approximate surface area is 49.7 Å². The third kappa shape index (κ3) is 3.34. The lowest BCUT2D eigenvalue weighted by Crippen LogP contribution is -1.71. The minimum atomic E-state index is 0.534. The van der Waals surface area contributed by atoms with Crippen LogP contribution in [0.4, 0.5) is 0 Å². The van der Waals surface area contributed by atoms with Gasteiger partial charge in [0.1, 0.15) is 6.29 Å². The first-order valence-electron chi connectivity index (χ1n) is 2.62. The first-order chi connectivity index (χ1) is 3.81. The van der Waals surface area contributed by atoms with Gasteiger partial charge in [0.15, 0.2) is 0 Å². The van der Waals surface area contributed by atoms with Crippen LogP contribution < -0.4 is 0 Å². The van der Waals surface area contributed by atoms with E-state index in [2.05, 4.69) is 6.58 Å². The van der Waals surface area contributed by atoms with E-state index < -0.39 is 0 Å². The molecule has 0 amide bonds. The number of hydrogen-bond donors (Lipinski definition) is 0. The van der Waals surface area contributed by atoms with Gasteiger partial charge < -0.3 is 0 Å². The first-order valence-corrected chi connectivity index (χ1v) is 2.62. The quantitative estimate of drug-likeness (QED) is 0.307. The van der Waals surface area contributed by atoms with Crippen molar-refractivity contribution < 1.29 is 4.79 Å². The zero-order chi connectivity index (χ0) is 6.41. The van der Waals surface area contributed by atoms with E-state index in [1.165, 1.54) is 0 Å². The van der Waals surface area contributed by atoms with Crippen LogP contribution in [-0.4, -0.2) is 6.29 Å². The average molecular weight is 110 g/mol. The number of hydrogen-bond acceptors (Lipinski definition) is 1. The van der Waals surface area contributed by atoms with Crippen molar-refractivity contribution in [3.8, 4) is 0 Å². The van der Waals surface area contributed by atoms with Crippen molar-refractivity contribution in [3.05, 3.63) is 24.3 Å². The molecule has 0 spiro atoms. The highest BCUT2D eigenvalue weighted by atomic mass is 16.1. The molecule has 0 rings (SSSR count). The molecule has 0 aliphatic heterocycles. The van der Waals surface area contributed by atoms with E-state index >= 15 is 0 Å². The number of rotatable bonds is 3. The summed E-state index contributed by atoms with van der Waals surface area (Å²) in [4.78, 5) is 9.86. The molecular weight excluding hydrogens is 100 g/mol. The zero-order valence-electron chi connectivity index (χ0n) is 5.05. The molecule has 0 fully saturated rings. The minimum absolute atomic E-state index is 0.534. The molecule has 0 aromatic carbocycles. The van der Waals surface area contributed by atoms with Gasteiger partial charge in [-0.15, -0.1) is 0 Å². The number of carbonyl (C=O) groups is 1. The van der Waals surface area contributed by atoms with Crippen LogP contribution in [-0.2, 0) is 4.79 Å². The molecule has 0 unspecified atom stereocenters. The van der Waals surface area contributed by atoms with Gasteiger partial charge in [-0.3, -0.25) is 4.79 Å². The lowest BCUT2D eigenvalue weighted by Gasteiger charge is -1.79. The number of carbonyl (C=O) groups excluding carboxylic acids is 1. The Hall–Kier alpha value is -0.850. The van der Waals surface area contributed by atoms with Crippen LogP contribution in [0.3, 0.4) is 0 Å². The van der Waals surface area contributed by atoms with Gasteiger partial charge in [-0.05, 0) is 6.42 Å². The lowest BCUT2D eigenvalue weighted by molar-refractivity contribution is -0.104. The summed E-state index contributed by atoms with van der Waals surface area (Å²) < 4.78 is 0. The van der Waals surface area contributed by atoms with E-state index in [1.54, 1.807) is 6.08 Å². The molecule has 0 aliphatic carbocycles. The third-order valence-corrected chi connectivity index (χ3v) is 0.719. The Morgan fingerprint density at radius 1 is 1.75 bits per heavy atom. The van der Waals surface area contributed by atoms with E-state index in [-0.39, 0.29) is 0 Å². The molecule has 0 aliphatic rings. The Balaban J connectivity index is 3.52. The monoisotopic (exact) mass is 110 g/mol. The predicted octanol–water partition coefficient (Wildman–Crippen LogP) is 1.71. The smallest absolute Gasteiger partial charge is 0.149 e.